The van der Waals surface area contributed by atoms with Gasteiger partial charge in [0.2, 0.25) is 0 Å². The van der Waals surface area contributed by atoms with Crippen LogP contribution in [0.2, 0.25) is 0 Å². The summed E-state index contributed by atoms with van der Waals surface area (Å²) >= 11 is 1.50. The highest BCUT2D eigenvalue weighted by atomic mass is 32.2. The number of thioether (sulfide) groups is 1. The number of aromatic nitrogens is 4. The molecule has 0 radical (unpaired) electrons. The lowest BCUT2D eigenvalue weighted by atomic mass is 10.1. The number of hydrogen-bond acceptors (Lipinski definition) is 7. The van der Waals surface area contributed by atoms with Crippen LogP contribution in [-0.4, -0.2) is 79.6 Å². The maximum atomic E-state index is 12.4. The third-order valence-corrected chi connectivity index (χ3v) is 7.48. The normalized spacial score (nSPS) is 25.2. The molecule has 2 aromatic rings. The molecule has 10 heteroatoms. The molecule has 29 heavy (non-hydrogen) atoms. The first-order valence-corrected chi connectivity index (χ1v) is 14.0. The number of nitrogens with one attached hydrogen (secondary N) is 1. The predicted molar refractivity (Wildman–Crippen MR) is 120 cm³/mol. The SMILES string of the molecule is C=P(C)(C)CCC1OC(n2c(SCCCC)nc3c(=O)[nH]c(C)nc32)[C@H](O)[C@@H]1O. The van der Waals surface area contributed by atoms with Gasteiger partial charge in [-0.05, 0) is 39.3 Å². The minimum Gasteiger partial charge on any atom is -0.388 e. The Labute approximate surface area is 175 Å². The van der Waals surface area contributed by atoms with E-state index in [1.54, 1.807) is 11.5 Å². The lowest BCUT2D eigenvalue weighted by molar-refractivity contribution is -0.0400. The highest BCUT2D eigenvalue weighted by Crippen LogP contribution is 2.41. The third kappa shape index (κ3) is 4.97. The number of hydrogen-bond donors (Lipinski definition) is 3. The van der Waals surface area contributed by atoms with Crippen molar-refractivity contribution >= 4 is 36.1 Å². The molecule has 1 fully saturated rings. The molecule has 0 spiro atoms. The Bertz CT molecular complexity index is 969. The Hall–Kier alpha value is -1.12. The number of rotatable bonds is 8. The number of aliphatic hydroxyl groups is 2. The van der Waals surface area contributed by atoms with Gasteiger partial charge in [-0.3, -0.25) is 9.36 Å². The highest BCUT2D eigenvalue weighted by molar-refractivity contribution is 7.99. The van der Waals surface area contributed by atoms with Crippen LogP contribution in [-0.2, 0) is 4.74 Å². The van der Waals surface area contributed by atoms with Gasteiger partial charge in [-0.15, -0.1) is 13.2 Å². The van der Waals surface area contributed by atoms with Crippen molar-refractivity contribution in [2.45, 2.75) is 62.8 Å². The van der Waals surface area contributed by atoms with E-state index < -0.39 is 31.4 Å². The number of fused-ring (bicyclic) bond motifs is 1. The Kier molecular flexibility index (Phi) is 6.95. The van der Waals surface area contributed by atoms with E-state index in [1.807, 2.05) is 0 Å². The second kappa shape index (κ2) is 8.94. The molecule has 0 aromatic carbocycles. The summed E-state index contributed by atoms with van der Waals surface area (Å²) in [6.07, 6.45) is 4.24. The molecule has 0 aliphatic carbocycles. The number of aromatic amines is 1. The van der Waals surface area contributed by atoms with Crippen LogP contribution in [0.5, 0.6) is 0 Å². The monoisotopic (exact) mass is 442 g/mol. The Morgan fingerprint density at radius 2 is 2.03 bits per heavy atom. The summed E-state index contributed by atoms with van der Waals surface area (Å²) in [6.45, 7) is 6.79. The van der Waals surface area contributed by atoms with Crippen molar-refractivity contribution in [3.8, 4) is 0 Å². The van der Waals surface area contributed by atoms with E-state index in [-0.39, 0.29) is 11.1 Å². The van der Waals surface area contributed by atoms with Gasteiger partial charge < -0.3 is 19.9 Å². The first kappa shape index (κ1) is 22.6. The molecule has 3 heterocycles. The molecule has 1 aliphatic rings. The van der Waals surface area contributed by atoms with Crippen molar-refractivity contribution in [2.24, 2.45) is 0 Å². The number of H-pyrrole nitrogens is 1. The van der Waals surface area contributed by atoms with Crippen LogP contribution in [0.4, 0.5) is 0 Å². The molecule has 2 aromatic heterocycles. The van der Waals surface area contributed by atoms with Gasteiger partial charge in [0.05, 0.1) is 6.10 Å². The van der Waals surface area contributed by atoms with E-state index in [1.165, 1.54) is 11.8 Å². The smallest absolute Gasteiger partial charge is 0.279 e. The predicted octanol–water partition coefficient (Wildman–Crippen LogP) is 2.04. The Balaban J connectivity index is 1.99. The topological polar surface area (TPSA) is 113 Å². The minimum absolute atomic E-state index is 0.216. The van der Waals surface area contributed by atoms with Crippen molar-refractivity contribution in [3.63, 3.8) is 0 Å². The summed E-state index contributed by atoms with van der Waals surface area (Å²) in [4.78, 5) is 24.0. The van der Waals surface area contributed by atoms with Crippen LogP contribution >= 0.6 is 18.6 Å². The zero-order valence-electron chi connectivity index (χ0n) is 17.5. The Morgan fingerprint density at radius 1 is 1.31 bits per heavy atom. The number of imidazole rings is 1. The van der Waals surface area contributed by atoms with E-state index in [4.69, 9.17) is 4.74 Å². The fourth-order valence-electron chi connectivity index (χ4n) is 3.37. The van der Waals surface area contributed by atoms with Crippen molar-refractivity contribution in [1.29, 1.82) is 0 Å². The zero-order valence-corrected chi connectivity index (χ0v) is 19.2. The van der Waals surface area contributed by atoms with Crippen molar-refractivity contribution < 1.29 is 14.9 Å². The summed E-state index contributed by atoms with van der Waals surface area (Å²) in [5, 5.41) is 21.9. The lowest BCUT2D eigenvalue weighted by Crippen LogP contribution is -2.32. The third-order valence-electron chi connectivity index (χ3n) is 4.98. The molecular weight excluding hydrogens is 411 g/mol. The van der Waals surface area contributed by atoms with Crippen molar-refractivity contribution in [2.75, 3.05) is 25.2 Å². The zero-order chi connectivity index (χ0) is 21.3. The first-order chi connectivity index (χ1) is 13.6. The van der Waals surface area contributed by atoms with Gasteiger partial charge in [-0.25, -0.2) is 9.97 Å². The Morgan fingerprint density at radius 3 is 2.69 bits per heavy atom. The molecular formula is C19H31N4O4PS. The van der Waals surface area contributed by atoms with Crippen LogP contribution in [0.25, 0.3) is 11.2 Å². The molecule has 8 nitrogen and oxygen atoms in total. The standard InChI is InChI=1S/C19H31N4O4PS/c1-6-7-10-29-19-22-13-16(20-11(2)21-17(13)26)23(19)18-15(25)14(24)12(27-18)8-9-28(3,4)5/h12,14-15,18,24-25H,3,6-10H2,1-2,4-5H3,(H,20,21,26)/t12?,14-,15-,18?/m1/s1. The quantitative estimate of drug-likeness (QED) is 0.326. The van der Waals surface area contributed by atoms with E-state index in [2.05, 4.69) is 41.5 Å². The van der Waals surface area contributed by atoms with E-state index >= 15 is 0 Å². The minimum atomic E-state index is -1.28. The van der Waals surface area contributed by atoms with Crippen molar-refractivity contribution in [3.05, 3.63) is 16.2 Å². The molecule has 1 aliphatic heterocycles. The molecule has 4 atom stereocenters. The second-order valence-corrected chi connectivity index (χ2v) is 13.7. The highest BCUT2D eigenvalue weighted by Gasteiger charge is 2.45. The van der Waals surface area contributed by atoms with Gasteiger partial charge in [-0.2, -0.15) is 0 Å². The van der Waals surface area contributed by atoms with E-state index in [0.717, 1.165) is 24.8 Å². The summed E-state index contributed by atoms with van der Waals surface area (Å²) in [5.41, 5.74) is 0.261. The summed E-state index contributed by atoms with van der Waals surface area (Å²) < 4.78 is 7.78. The fourth-order valence-corrected chi connectivity index (χ4v) is 5.42. The molecule has 3 rings (SSSR count). The second-order valence-electron chi connectivity index (χ2n) is 8.28. The largest absolute Gasteiger partial charge is 0.388 e. The van der Waals surface area contributed by atoms with Gasteiger partial charge >= 0.3 is 0 Å². The molecule has 2 unspecified atom stereocenters. The van der Waals surface area contributed by atoms with Gasteiger partial charge in [0, 0.05) is 5.75 Å². The van der Waals surface area contributed by atoms with Crippen LogP contribution in [0.15, 0.2) is 9.95 Å². The summed E-state index contributed by atoms with van der Waals surface area (Å²) in [6, 6.07) is 0. The van der Waals surface area contributed by atoms with Gasteiger partial charge in [-0.1, -0.05) is 25.1 Å². The van der Waals surface area contributed by atoms with E-state index in [0.29, 0.717) is 23.0 Å². The lowest BCUT2D eigenvalue weighted by Gasteiger charge is -2.20. The van der Waals surface area contributed by atoms with Crippen LogP contribution < -0.4 is 5.56 Å². The molecule has 162 valence electrons. The van der Waals surface area contributed by atoms with Crippen LogP contribution in [0.1, 0.15) is 38.2 Å². The molecule has 0 bridgehead atoms. The maximum absolute atomic E-state index is 12.4. The molecule has 1 saturated heterocycles. The molecule has 0 saturated carbocycles. The van der Waals surface area contributed by atoms with Crippen LogP contribution in [0.3, 0.4) is 0 Å². The summed E-state index contributed by atoms with van der Waals surface area (Å²) in [5.74, 6) is 1.29. The number of nitrogens with zero attached hydrogens (tertiary/aromatic N) is 3. The average molecular weight is 443 g/mol. The van der Waals surface area contributed by atoms with Crippen molar-refractivity contribution in [1.82, 2.24) is 19.5 Å². The number of aliphatic hydroxyl groups excluding tert-OH is 2. The van der Waals surface area contributed by atoms with Crippen LogP contribution in [0, 0.1) is 6.92 Å². The number of unbranched alkanes of at least 4 members (excludes halogenated alkanes) is 1. The van der Waals surface area contributed by atoms with Gasteiger partial charge in [0.15, 0.2) is 22.5 Å². The number of ether oxygens (including phenoxy) is 1. The number of aryl methyl sites for hydroxylation is 1. The van der Waals surface area contributed by atoms with Gasteiger partial charge in [0.25, 0.3) is 5.56 Å². The summed E-state index contributed by atoms with van der Waals surface area (Å²) in [7, 11) is 0. The first-order valence-electron chi connectivity index (χ1n) is 9.93. The average Bonchev–Trinajstić information content (AvgIpc) is 3.11. The van der Waals surface area contributed by atoms with E-state index in [9.17, 15) is 15.0 Å². The van der Waals surface area contributed by atoms with Gasteiger partial charge in [0.1, 0.15) is 18.0 Å². The fraction of sp³-hybridized carbons (Fsp3) is 0.684. The molecule has 3 N–H and O–H groups in total. The maximum Gasteiger partial charge on any atom is 0.279 e. The molecule has 0 amide bonds.